The number of hydrogen-bond donors (Lipinski definition) is 0. The third kappa shape index (κ3) is 4.60. The van der Waals surface area contributed by atoms with Crippen LogP contribution < -0.4 is 4.74 Å². The minimum atomic E-state index is -0.411. The third-order valence-electron chi connectivity index (χ3n) is 3.96. The smallest absolute Gasteiger partial charge is 0.338 e. The quantitative estimate of drug-likeness (QED) is 0.454. The number of carbonyl (C=O) groups excluding carboxylic acids is 1. The highest BCUT2D eigenvalue weighted by Crippen LogP contribution is 2.31. The van der Waals surface area contributed by atoms with Crippen LogP contribution in [0.1, 0.15) is 29.4 Å². The number of esters is 1. The summed E-state index contributed by atoms with van der Waals surface area (Å²) in [4.78, 5) is 16.5. The first-order valence-corrected chi connectivity index (χ1v) is 9.28. The molecule has 0 atom stereocenters. The number of aromatic nitrogens is 2. The monoisotopic (exact) mass is 380 g/mol. The van der Waals surface area contributed by atoms with E-state index in [-0.39, 0.29) is 0 Å². The number of allylic oxidation sites excluding steroid dienone is 1. The summed E-state index contributed by atoms with van der Waals surface area (Å²) < 4.78 is 15.2. The molecule has 0 saturated heterocycles. The van der Waals surface area contributed by atoms with Gasteiger partial charge in [-0.25, -0.2) is 4.79 Å². The molecule has 0 bridgehead atoms. The average molecular weight is 380 g/mol. The molecule has 0 aliphatic heterocycles. The van der Waals surface area contributed by atoms with Gasteiger partial charge in [0, 0.05) is 23.5 Å². The fourth-order valence-corrected chi connectivity index (χ4v) is 3.28. The van der Waals surface area contributed by atoms with E-state index in [1.807, 2.05) is 24.3 Å². The van der Waals surface area contributed by atoms with Crippen molar-refractivity contribution in [3.63, 3.8) is 0 Å². The van der Waals surface area contributed by atoms with E-state index in [9.17, 15) is 4.79 Å². The summed E-state index contributed by atoms with van der Waals surface area (Å²) in [5.74, 6) is 0.831. The molecular weight excluding hydrogens is 360 g/mol. The van der Waals surface area contributed by atoms with Gasteiger partial charge in [0.15, 0.2) is 5.82 Å². The molecule has 0 spiro atoms. The minimum Gasteiger partial charge on any atom is -0.465 e. The second-order valence-corrected chi connectivity index (χ2v) is 6.65. The maximum Gasteiger partial charge on any atom is 0.338 e. The number of aryl methyl sites for hydroxylation is 1. The van der Waals surface area contributed by atoms with Crippen molar-refractivity contribution in [3.05, 3.63) is 77.1 Å². The lowest BCUT2D eigenvalue weighted by Crippen LogP contribution is -2.05. The Bertz CT molecular complexity index is 979. The third-order valence-corrected chi connectivity index (χ3v) is 4.60. The van der Waals surface area contributed by atoms with Crippen molar-refractivity contribution in [1.82, 2.24) is 9.36 Å². The highest BCUT2D eigenvalue weighted by Gasteiger charge is 2.17. The Morgan fingerprint density at radius 1 is 1.19 bits per heavy atom. The van der Waals surface area contributed by atoms with Gasteiger partial charge >= 0.3 is 5.97 Å². The Labute approximate surface area is 162 Å². The number of ether oxygens (including phenoxy) is 2. The average Bonchev–Trinajstić information content (AvgIpc) is 3.10. The SMILES string of the molecule is CC=C(C(=O)OC)c1ccccc1Oc1nc(Cc2cccc(C)c2)ns1. The van der Waals surface area contributed by atoms with Gasteiger partial charge in [0.2, 0.25) is 0 Å². The lowest BCUT2D eigenvalue weighted by Gasteiger charge is -2.10. The summed E-state index contributed by atoms with van der Waals surface area (Å²) in [6.45, 7) is 3.84. The molecule has 0 radical (unpaired) electrons. The van der Waals surface area contributed by atoms with E-state index >= 15 is 0 Å². The van der Waals surface area contributed by atoms with E-state index < -0.39 is 5.97 Å². The van der Waals surface area contributed by atoms with Gasteiger partial charge in [0.25, 0.3) is 5.19 Å². The van der Waals surface area contributed by atoms with E-state index in [0.29, 0.717) is 34.3 Å². The lowest BCUT2D eigenvalue weighted by molar-refractivity contribution is -0.133. The standard InChI is InChI=1S/C21H20N2O3S/c1-4-16(20(24)25-3)17-10-5-6-11-18(17)26-21-22-19(23-27-21)13-15-9-7-8-14(2)12-15/h4-12H,13H2,1-3H3. The molecule has 3 aromatic rings. The summed E-state index contributed by atoms with van der Waals surface area (Å²) in [6, 6.07) is 15.6. The molecule has 138 valence electrons. The maximum absolute atomic E-state index is 12.0. The highest BCUT2D eigenvalue weighted by molar-refractivity contribution is 7.07. The Hall–Kier alpha value is -2.99. The molecule has 0 saturated carbocycles. The summed E-state index contributed by atoms with van der Waals surface area (Å²) in [6.07, 6.45) is 2.35. The zero-order valence-corrected chi connectivity index (χ0v) is 16.2. The Morgan fingerprint density at radius 3 is 2.74 bits per heavy atom. The molecule has 0 aliphatic rings. The van der Waals surface area contributed by atoms with Crippen molar-refractivity contribution in [2.24, 2.45) is 0 Å². The van der Waals surface area contributed by atoms with Crippen LogP contribution in [0.3, 0.4) is 0 Å². The molecule has 0 unspecified atom stereocenters. The van der Waals surface area contributed by atoms with Crippen molar-refractivity contribution in [2.45, 2.75) is 20.3 Å². The lowest BCUT2D eigenvalue weighted by atomic mass is 10.0. The van der Waals surface area contributed by atoms with Gasteiger partial charge in [-0.1, -0.05) is 54.1 Å². The van der Waals surface area contributed by atoms with Gasteiger partial charge in [0.05, 0.1) is 12.7 Å². The number of methoxy groups -OCH3 is 1. The molecule has 0 amide bonds. The molecule has 27 heavy (non-hydrogen) atoms. The zero-order chi connectivity index (χ0) is 19.2. The molecule has 0 aliphatic carbocycles. The van der Waals surface area contributed by atoms with Crippen molar-refractivity contribution >= 4 is 23.1 Å². The zero-order valence-electron chi connectivity index (χ0n) is 15.4. The minimum absolute atomic E-state index is 0.411. The summed E-state index contributed by atoms with van der Waals surface area (Å²) in [7, 11) is 1.36. The first-order chi connectivity index (χ1) is 13.1. The Morgan fingerprint density at radius 2 is 2.00 bits per heavy atom. The predicted molar refractivity (Wildman–Crippen MR) is 106 cm³/mol. The van der Waals surface area contributed by atoms with Crippen LogP contribution in [-0.4, -0.2) is 22.4 Å². The van der Waals surface area contributed by atoms with Crippen LogP contribution in [0.4, 0.5) is 0 Å². The van der Waals surface area contributed by atoms with Crippen LogP contribution in [0.5, 0.6) is 10.9 Å². The summed E-state index contributed by atoms with van der Waals surface area (Å²) in [5.41, 5.74) is 3.45. The van der Waals surface area contributed by atoms with Crippen molar-refractivity contribution < 1.29 is 14.3 Å². The fourth-order valence-electron chi connectivity index (χ4n) is 2.72. The second kappa shape index (κ2) is 8.60. The van der Waals surface area contributed by atoms with Crippen molar-refractivity contribution in [3.8, 4) is 10.9 Å². The number of hydrogen-bond acceptors (Lipinski definition) is 6. The predicted octanol–water partition coefficient (Wildman–Crippen LogP) is 4.81. The van der Waals surface area contributed by atoms with Crippen LogP contribution in [0.25, 0.3) is 5.57 Å². The van der Waals surface area contributed by atoms with Crippen LogP contribution in [0, 0.1) is 6.92 Å². The molecule has 1 heterocycles. The number of nitrogens with zero attached hydrogens (tertiary/aromatic N) is 2. The summed E-state index contributed by atoms with van der Waals surface area (Å²) in [5, 5.41) is 0.436. The van der Waals surface area contributed by atoms with Crippen molar-refractivity contribution in [2.75, 3.05) is 7.11 Å². The molecule has 2 aromatic carbocycles. The Kier molecular flexibility index (Phi) is 5.98. The molecule has 5 nitrogen and oxygen atoms in total. The molecular formula is C21H20N2O3S. The van der Waals surface area contributed by atoms with Crippen LogP contribution in [-0.2, 0) is 16.0 Å². The highest BCUT2D eigenvalue weighted by atomic mass is 32.1. The maximum atomic E-state index is 12.0. The van der Waals surface area contributed by atoms with Gasteiger partial charge in [-0.3, -0.25) is 0 Å². The number of rotatable bonds is 6. The second-order valence-electron chi connectivity index (χ2n) is 5.93. The van der Waals surface area contributed by atoms with Gasteiger partial charge in [0.1, 0.15) is 5.75 Å². The molecule has 6 heteroatoms. The first-order valence-electron chi connectivity index (χ1n) is 8.50. The van der Waals surface area contributed by atoms with E-state index in [2.05, 4.69) is 34.5 Å². The Balaban J connectivity index is 1.81. The number of para-hydroxylation sites is 1. The summed E-state index contributed by atoms with van der Waals surface area (Å²) >= 11 is 1.19. The first kappa shape index (κ1) is 18.8. The van der Waals surface area contributed by atoms with E-state index in [4.69, 9.17) is 9.47 Å². The molecule has 3 rings (SSSR count). The van der Waals surface area contributed by atoms with Crippen LogP contribution in [0.15, 0.2) is 54.6 Å². The topological polar surface area (TPSA) is 61.3 Å². The molecule has 1 aromatic heterocycles. The van der Waals surface area contributed by atoms with Crippen LogP contribution >= 0.6 is 11.5 Å². The normalized spacial score (nSPS) is 11.3. The number of carbonyl (C=O) groups is 1. The largest absolute Gasteiger partial charge is 0.465 e. The fraction of sp³-hybridized carbons (Fsp3) is 0.190. The number of benzene rings is 2. The van der Waals surface area contributed by atoms with E-state index in [1.54, 1.807) is 19.1 Å². The van der Waals surface area contributed by atoms with Gasteiger partial charge in [-0.15, -0.1) is 0 Å². The van der Waals surface area contributed by atoms with Crippen molar-refractivity contribution in [1.29, 1.82) is 0 Å². The van der Waals surface area contributed by atoms with Gasteiger partial charge in [-0.2, -0.15) is 9.36 Å². The molecule has 0 N–H and O–H groups in total. The van der Waals surface area contributed by atoms with E-state index in [1.165, 1.54) is 24.2 Å². The van der Waals surface area contributed by atoms with Gasteiger partial charge < -0.3 is 9.47 Å². The van der Waals surface area contributed by atoms with Gasteiger partial charge in [-0.05, 0) is 25.5 Å². The molecule has 0 fully saturated rings. The van der Waals surface area contributed by atoms with E-state index in [0.717, 1.165) is 5.56 Å². The van der Waals surface area contributed by atoms with Crippen LogP contribution in [0.2, 0.25) is 0 Å².